The van der Waals surface area contributed by atoms with E-state index in [2.05, 4.69) is 72.2 Å². The third-order valence-corrected chi connectivity index (χ3v) is 6.48. The van der Waals surface area contributed by atoms with Crippen LogP contribution in [0.2, 0.25) is 0 Å². The summed E-state index contributed by atoms with van der Waals surface area (Å²) in [6.45, 7) is 3.80. The Morgan fingerprint density at radius 3 is 1.02 bits per heavy atom. The van der Waals surface area contributed by atoms with Crippen molar-refractivity contribution in [2.45, 2.75) is 39.3 Å². The monoisotopic (exact) mass is 593 g/mol. The first-order valence-electron chi connectivity index (χ1n) is 13.3. The first kappa shape index (κ1) is 28.1. The van der Waals surface area contributed by atoms with E-state index in [0.29, 0.717) is 39.3 Å². The van der Waals surface area contributed by atoms with E-state index in [1.54, 1.807) is 0 Å². The van der Waals surface area contributed by atoms with Gasteiger partial charge >= 0.3 is 17.1 Å². The second kappa shape index (κ2) is 13.8. The van der Waals surface area contributed by atoms with Crippen LogP contribution >= 0.6 is 0 Å². The van der Waals surface area contributed by atoms with E-state index < -0.39 is 0 Å². The maximum Gasteiger partial charge on any atom is 2.00 e. The molecule has 6 aromatic rings. The van der Waals surface area contributed by atoms with Gasteiger partial charge in [0, 0.05) is 19.6 Å². The number of aromatic nitrogens is 9. The third-order valence-electron chi connectivity index (χ3n) is 6.48. The maximum atomic E-state index is 4.45. The first-order valence-corrected chi connectivity index (χ1v) is 13.3. The van der Waals surface area contributed by atoms with Crippen molar-refractivity contribution in [3.05, 3.63) is 143 Å². The molecule has 0 fully saturated rings. The average Bonchev–Trinajstić information content (AvgIpc) is 3.73. The Hall–Kier alpha value is -4.44. The van der Waals surface area contributed by atoms with Crippen LogP contribution in [0.1, 0.15) is 33.8 Å². The summed E-state index contributed by atoms with van der Waals surface area (Å²) in [4.78, 5) is 2.24. The molecule has 0 N–H and O–H groups in total. The van der Waals surface area contributed by atoms with Crippen LogP contribution in [0.25, 0.3) is 0 Å². The van der Waals surface area contributed by atoms with Crippen molar-refractivity contribution in [1.82, 2.24) is 49.9 Å². The zero-order valence-electron chi connectivity index (χ0n) is 22.4. The number of benzene rings is 3. The van der Waals surface area contributed by atoms with E-state index in [9.17, 15) is 0 Å². The Bertz CT molecular complexity index is 1420. The Morgan fingerprint density at radius 1 is 0.439 bits per heavy atom. The fourth-order valence-electron chi connectivity index (χ4n) is 4.63. The Kier molecular flexibility index (Phi) is 9.43. The van der Waals surface area contributed by atoms with Crippen LogP contribution in [0.5, 0.6) is 0 Å². The summed E-state index contributed by atoms with van der Waals surface area (Å²) in [5, 5.41) is 26.4. The second-order valence-corrected chi connectivity index (χ2v) is 9.82. The molecule has 3 aromatic heterocycles. The second-order valence-electron chi connectivity index (χ2n) is 9.82. The van der Waals surface area contributed by atoms with Gasteiger partial charge in [0.05, 0.1) is 55.3 Å². The standard InChI is InChI=1S/C30H30N10.Cu/c1-4-10-25(11-5-1)16-38-22-28(31-34-38)19-37(20-29-23-39(35-32-29)17-26-12-6-2-7-13-26)21-30-24-40(36-33-30)18-27-14-8-3-9-15-27;/h1-15,22-24H,16-21H2;/q;+2. The molecule has 41 heavy (non-hydrogen) atoms. The average molecular weight is 594 g/mol. The van der Waals surface area contributed by atoms with E-state index in [1.807, 2.05) is 87.2 Å². The molecule has 11 heteroatoms. The minimum Gasteiger partial charge on any atom is -0.285 e. The van der Waals surface area contributed by atoms with Crippen LogP contribution in [-0.2, 0) is 56.3 Å². The van der Waals surface area contributed by atoms with Gasteiger partial charge in [-0.05, 0) is 16.7 Å². The van der Waals surface area contributed by atoms with Crippen molar-refractivity contribution >= 4 is 0 Å². The predicted octanol–water partition coefficient (Wildman–Crippen LogP) is 3.81. The summed E-state index contributed by atoms with van der Waals surface area (Å²) >= 11 is 0. The summed E-state index contributed by atoms with van der Waals surface area (Å²) in [6.07, 6.45) is 6.00. The quantitative estimate of drug-likeness (QED) is 0.199. The Morgan fingerprint density at radius 2 is 0.732 bits per heavy atom. The van der Waals surface area contributed by atoms with Crippen LogP contribution < -0.4 is 0 Å². The molecule has 0 unspecified atom stereocenters. The summed E-state index contributed by atoms with van der Waals surface area (Å²) in [6, 6.07) is 30.8. The molecule has 209 valence electrons. The third kappa shape index (κ3) is 8.04. The molecule has 6 rings (SSSR count). The zero-order valence-corrected chi connectivity index (χ0v) is 23.4. The number of hydrogen-bond acceptors (Lipinski definition) is 7. The fraction of sp³-hybridized carbons (Fsp3) is 0.200. The molecular weight excluding hydrogens is 564 g/mol. The Balaban J connectivity index is 0.00000337. The number of nitrogens with zero attached hydrogens (tertiary/aromatic N) is 10. The van der Waals surface area contributed by atoms with Crippen molar-refractivity contribution < 1.29 is 17.1 Å². The van der Waals surface area contributed by atoms with Gasteiger partial charge in [-0.3, -0.25) is 4.90 Å². The molecule has 0 saturated carbocycles. The molecule has 10 nitrogen and oxygen atoms in total. The van der Waals surface area contributed by atoms with Gasteiger partial charge < -0.3 is 0 Å². The van der Waals surface area contributed by atoms with E-state index >= 15 is 0 Å². The van der Waals surface area contributed by atoms with E-state index in [4.69, 9.17) is 0 Å². The van der Waals surface area contributed by atoms with Gasteiger partial charge in [-0.2, -0.15) is 0 Å². The van der Waals surface area contributed by atoms with Gasteiger partial charge in [-0.25, -0.2) is 14.0 Å². The molecule has 0 aliphatic rings. The van der Waals surface area contributed by atoms with Crippen molar-refractivity contribution in [3.63, 3.8) is 0 Å². The van der Waals surface area contributed by atoms with Crippen LogP contribution in [0.3, 0.4) is 0 Å². The Labute approximate surface area is 249 Å². The van der Waals surface area contributed by atoms with Gasteiger partial charge in [0.15, 0.2) is 0 Å². The normalized spacial score (nSPS) is 11.0. The SMILES string of the molecule is [Cu+2].c1ccc(Cn2cc(CN(Cc3cn(Cc4ccccc4)nn3)Cc3cn(Cc4ccccc4)nn3)nn2)cc1. The molecule has 3 aromatic carbocycles. The van der Waals surface area contributed by atoms with Crippen molar-refractivity contribution in [1.29, 1.82) is 0 Å². The van der Waals surface area contributed by atoms with Crippen LogP contribution in [0.4, 0.5) is 0 Å². The largest absolute Gasteiger partial charge is 2.00 e. The van der Waals surface area contributed by atoms with Gasteiger partial charge in [0.1, 0.15) is 0 Å². The predicted molar refractivity (Wildman–Crippen MR) is 150 cm³/mol. The fourth-order valence-corrected chi connectivity index (χ4v) is 4.63. The summed E-state index contributed by atoms with van der Waals surface area (Å²) in [5.74, 6) is 0. The molecule has 3 heterocycles. The number of rotatable bonds is 12. The first-order chi connectivity index (χ1) is 19.7. The summed E-state index contributed by atoms with van der Waals surface area (Å²) in [7, 11) is 0. The summed E-state index contributed by atoms with van der Waals surface area (Å²) in [5.41, 5.74) is 6.18. The molecule has 0 atom stereocenters. The molecule has 0 spiro atoms. The maximum absolute atomic E-state index is 4.45. The van der Waals surface area contributed by atoms with Crippen molar-refractivity contribution in [2.24, 2.45) is 0 Å². The molecule has 0 aliphatic heterocycles. The molecule has 1 radical (unpaired) electrons. The van der Waals surface area contributed by atoms with Gasteiger partial charge in [0.2, 0.25) is 0 Å². The van der Waals surface area contributed by atoms with Crippen LogP contribution in [0, 0.1) is 0 Å². The van der Waals surface area contributed by atoms with Gasteiger partial charge in [-0.1, -0.05) is 107 Å². The van der Waals surface area contributed by atoms with E-state index in [0.717, 1.165) is 17.1 Å². The van der Waals surface area contributed by atoms with Crippen molar-refractivity contribution in [3.8, 4) is 0 Å². The molecule has 0 aliphatic carbocycles. The topological polar surface area (TPSA) is 95.4 Å². The van der Waals surface area contributed by atoms with Crippen LogP contribution in [0.15, 0.2) is 110 Å². The van der Waals surface area contributed by atoms with Gasteiger partial charge in [-0.15, -0.1) is 15.3 Å². The van der Waals surface area contributed by atoms with E-state index in [1.165, 1.54) is 16.7 Å². The molecule has 0 saturated heterocycles. The molecule has 0 bridgehead atoms. The number of hydrogen-bond donors (Lipinski definition) is 0. The van der Waals surface area contributed by atoms with E-state index in [-0.39, 0.29) is 17.1 Å². The van der Waals surface area contributed by atoms with Crippen molar-refractivity contribution in [2.75, 3.05) is 0 Å². The van der Waals surface area contributed by atoms with Crippen LogP contribution in [-0.4, -0.2) is 49.9 Å². The summed E-state index contributed by atoms with van der Waals surface area (Å²) < 4.78 is 5.61. The smallest absolute Gasteiger partial charge is 0.285 e. The molecule has 0 amide bonds. The van der Waals surface area contributed by atoms with Gasteiger partial charge in [0.25, 0.3) is 0 Å². The minimum absolute atomic E-state index is 0. The minimum atomic E-state index is 0. The zero-order chi connectivity index (χ0) is 27.0. The molecular formula is C30H30CuN10+2.